The SMILES string of the molecule is CCCOc1c(Cl)cc(/C=C/C(=O)NCc2ccccn2)cc1OC. The van der Waals surface area contributed by atoms with Gasteiger partial charge in [0.1, 0.15) is 0 Å². The molecular weight excluding hydrogens is 340 g/mol. The quantitative estimate of drug-likeness (QED) is 0.726. The average Bonchev–Trinajstić information content (AvgIpc) is 2.64. The minimum absolute atomic E-state index is 0.216. The largest absolute Gasteiger partial charge is 0.493 e. The molecule has 1 N–H and O–H groups in total. The van der Waals surface area contributed by atoms with Crippen molar-refractivity contribution in [2.24, 2.45) is 0 Å². The van der Waals surface area contributed by atoms with E-state index in [-0.39, 0.29) is 5.91 Å². The third kappa shape index (κ3) is 5.80. The molecule has 2 rings (SSSR count). The van der Waals surface area contributed by atoms with Crippen LogP contribution in [0, 0.1) is 0 Å². The van der Waals surface area contributed by atoms with Gasteiger partial charge in [0.05, 0.1) is 31.0 Å². The molecule has 2 aromatic rings. The monoisotopic (exact) mass is 360 g/mol. The molecule has 0 fully saturated rings. The van der Waals surface area contributed by atoms with Crippen molar-refractivity contribution in [1.82, 2.24) is 10.3 Å². The fourth-order valence-corrected chi connectivity index (χ4v) is 2.37. The van der Waals surface area contributed by atoms with Crippen molar-refractivity contribution in [2.75, 3.05) is 13.7 Å². The molecule has 0 atom stereocenters. The van der Waals surface area contributed by atoms with Crippen molar-refractivity contribution in [3.8, 4) is 11.5 Å². The summed E-state index contributed by atoms with van der Waals surface area (Å²) in [6.07, 6.45) is 5.68. The van der Waals surface area contributed by atoms with E-state index in [4.69, 9.17) is 21.1 Å². The van der Waals surface area contributed by atoms with Crippen molar-refractivity contribution in [3.05, 3.63) is 58.9 Å². The first-order chi connectivity index (χ1) is 12.1. The van der Waals surface area contributed by atoms with Gasteiger partial charge in [-0.1, -0.05) is 24.6 Å². The zero-order valence-corrected chi connectivity index (χ0v) is 15.0. The summed E-state index contributed by atoms with van der Waals surface area (Å²) in [6, 6.07) is 9.07. The zero-order valence-electron chi connectivity index (χ0n) is 14.3. The number of aromatic nitrogens is 1. The molecular formula is C19H21ClN2O3. The topological polar surface area (TPSA) is 60.5 Å². The molecule has 1 aromatic heterocycles. The standard InChI is InChI=1S/C19H21ClN2O3/c1-3-10-25-19-16(20)11-14(12-17(19)24-2)7-8-18(23)22-13-15-6-4-5-9-21-15/h4-9,11-12H,3,10,13H2,1-2H3,(H,22,23)/b8-7+. The van der Waals surface area contributed by atoms with E-state index in [1.54, 1.807) is 31.5 Å². The lowest BCUT2D eigenvalue weighted by Gasteiger charge is -2.12. The molecule has 1 amide bonds. The second-order valence-electron chi connectivity index (χ2n) is 5.25. The number of hydrogen-bond donors (Lipinski definition) is 1. The Morgan fingerprint density at radius 1 is 1.36 bits per heavy atom. The molecule has 0 bridgehead atoms. The molecule has 0 unspecified atom stereocenters. The van der Waals surface area contributed by atoms with Crippen LogP contribution in [0.5, 0.6) is 11.5 Å². The minimum atomic E-state index is -0.216. The molecule has 0 aliphatic heterocycles. The number of ether oxygens (including phenoxy) is 2. The number of methoxy groups -OCH3 is 1. The van der Waals surface area contributed by atoms with Crippen molar-refractivity contribution < 1.29 is 14.3 Å². The normalized spacial score (nSPS) is 10.7. The highest BCUT2D eigenvalue weighted by Gasteiger charge is 2.11. The molecule has 0 aliphatic carbocycles. The van der Waals surface area contributed by atoms with Crippen LogP contribution in [-0.4, -0.2) is 24.6 Å². The third-order valence-corrected chi connectivity index (χ3v) is 3.58. The van der Waals surface area contributed by atoms with Crippen LogP contribution >= 0.6 is 11.6 Å². The summed E-state index contributed by atoms with van der Waals surface area (Å²) in [5, 5.41) is 3.22. The lowest BCUT2D eigenvalue weighted by Crippen LogP contribution is -2.20. The van der Waals surface area contributed by atoms with Crippen molar-refractivity contribution in [1.29, 1.82) is 0 Å². The number of carbonyl (C=O) groups excluding carboxylic acids is 1. The third-order valence-electron chi connectivity index (χ3n) is 3.30. The lowest BCUT2D eigenvalue weighted by atomic mass is 10.2. The van der Waals surface area contributed by atoms with Gasteiger partial charge < -0.3 is 14.8 Å². The first-order valence-corrected chi connectivity index (χ1v) is 8.38. The van der Waals surface area contributed by atoms with Gasteiger partial charge in [-0.05, 0) is 42.3 Å². The maximum atomic E-state index is 11.9. The Hall–Kier alpha value is -2.53. The van der Waals surface area contributed by atoms with E-state index in [1.165, 1.54) is 6.08 Å². The van der Waals surface area contributed by atoms with E-state index in [2.05, 4.69) is 10.3 Å². The Balaban J connectivity index is 2.02. The van der Waals surface area contributed by atoms with Crippen LogP contribution in [0.4, 0.5) is 0 Å². The minimum Gasteiger partial charge on any atom is -0.493 e. The summed E-state index contributed by atoms with van der Waals surface area (Å²) in [6.45, 7) is 2.94. The molecule has 5 nitrogen and oxygen atoms in total. The lowest BCUT2D eigenvalue weighted by molar-refractivity contribution is -0.116. The van der Waals surface area contributed by atoms with Gasteiger partial charge >= 0.3 is 0 Å². The van der Waals surface area contributed by atoms with E-state index in [1.807, 2.05) is 25.1 Å². The molecule has 1 aromatic carbocycles. The summed E-state index contributed by atoms with van der Waals surface area (Å²) in [5.41, 5.74) is 1.55. The van der Waals surface area contributed by atoms with Crippen molar-refractivity contribution >= 4 is 23.6 Å². The Morgan fingerprint density at radius 2 is 2.20 bits per heavy atom. The molecule has 0 saturated heterocycles. The van der Waals surface area contributed by atoms with E-state index >= 15 is 0 Å². The zero-order chi connectivity index (χ0) is 18.1. The van der Waals surface area contributed by atoms with Crippen molar-refractivity contribution in [2.45, 2.75) is 19.9 Å². The van der Waals surface area contributed by atoms with Gasteiger partial charge in [-0.15, -0.1) is 0 Å². The molecule has 0 radical (unpaired) electrons. The second-order valence-corrected chi connectivity index (χ2v) is 5.66. The Labute approximate surface area is 152 Å². The number of benzene rings is 1. The van der Waals surface area contributed by atoms with Gasteiger partial charge in [0.25, 0.3) is 0 Å². The van der Waals surface area contributed by atoms with Crippen LogP contribution in [0.2, 0.25) is 5.02 Å². The van der Waals surface area contributed by atoms with Crippen molar-refractivity contribution in [3.63, 3.8) is 0 Å². The molecule has 6 heteroatoms. The first-order valence-electron chi connectivity index (χ1n) is 8.00. The average molecular weight is 361 g/mol. The van der Waals surface area contributed by atoms with Gasteiger partial charge in [-0.25, -0.2) is 0 Å². The number of nitrogens with zero attached hydrogens (tertiary/aromatic N) is 1. The first kappa shape index (κ1) is 18.8. The van der Waals surface area contributed by atoms with Crippen LogP contribution in [0.25, 0.3) is 6.08 Å². The number of nitrogens with one attached hydrogen (secondary N) is 1. The van der Waals surface area contributed by atoms with Crippen LogP contribution in [-0.2, 0) is 11.3 Å². The molecule has 25 heavy (non-hydrogen) atoms. The van der Waals surface area contributed by atoms with Gasteiger partial charge in [0.15, 0.2) is 11.5 Å². The highest BCUT2D eigenvalue weighted by atomic mass is 35.5. The maximum absolute atomic E-state index is 11.9. The number of amides is 1. The summed E-state index contributed by atoms with van der Waals surface area (Å²) in [4.78, 5) is 16.1. The smallest absolute Gasteiger partial charge is 0.244 e. The van der Waals surface area contributed by atoms with Gasteiger partial charge in [-0.3, -0.25) is 9.78 Å². The van der Waals surface area contributed by atoms with Gasteiger partial charge in [0.2, 0.25) is 5.91 Å². The maximum Gasteiger partial charge on any atom is 0.244 e. The summed E-state index contributed by atoms with van der Waals surface area (Å²) in [5.74, 6) is 0.837. The Kier molecular flexibility index (Phi) is 7.29. The Morgan fingerprint density at radius 3 is 2.88 bits per heavy atom. The van der Waals surface area contributed by atoms with E-state index in [0.29, 0.717) is 29.7 Å². The van der Waals surface area contributed by atoms with E-state index < -0.39 is 0 Å². The predicted molar refractivity (Wildman–Crippen MR) is 98.9 cm³/mol. The Bertz CT molecular complexity index is 733. The highest BCUT2D eigenvalue weighted by molar-refractivity contribution is 6.32. The van der Waals surface area contributed by atoms with Crippen LogP contribution in [0.1, 0.15) is 24.6 Å². The molecule has 1 heterocycles. The number of carbonyl (C=O) groups is 1. The van der Waals surface area contributed by atoms with E-state index in [0.717, 1.165) is 17.7 Å². The van der Waals surface area contributed by atoms with E-state index in [9.17, 15) is 4.79 Å². The molecule has 132 valence electrons. The fourth-order valence-electron chi connectivity index (χ4n) is 2.09. The second kappa shape index (κ2) is 9.69. The van der Waals surface area contributed by atoms with Crippen LogP contribution in [0.15, 0.2) is 42.6 Å². The summed E-state index contributed by atoms with van der Waals surface area (Å²) < 4.78 is 10.9. The predicted octanol–water partition coefficient (Wildman–Crippen LogP) is 3.86. The number of pyridine rings is 1. The number of rotatable bonds is 8. The molecule has 0 spiro atoms. The molecule has 0 aliphatic rings. The summed E-state index contributed by atoms with van der Waals surface area (Å²) >= 11 is 6.26. The van der Waals surface area contributed by atoms with Crippen LogP contribution < -0.4 is 14.8 Å². The highest BCUT2D eigenvalue weighted by Crippen LogP contribution is 2.36. The fraction of sp³-hybridized carbons (Fsp3) is 0.263. The van der Waals surface area contributed by atoms with Gasteiger partial charge in [-0.2, -0.15) is 0 Å². The number of hydrogen-bond acceptors (Lipinski definition) is 4. The molecule has 0 saturated carbocycles. The summed E-state index contributed by atoms with van der Waals surface area (Å²) in [7, 11) is 1.55. The van der Waals surface area contributed by atoms with Gasteiger partial charge in [0, 0.05) is 12.3 Å². The van der Waals surface area contributed by atoms with Crippen LogP contribution in [0.3, 0.4) is 0 Å². The number of halogens is 1.